The number of hydrogen-bond acceptors (Lipinski definition) is 4. The molecule has 4 nitrogen and oxygen atoms in total. The summed E-state index contributed by atoms with van der Waals surface area (Å²) in [5.74, 6) is -0.888. The zero-order valence-corrected chi connectivity index (χ0v) is 10.3. The molecule has 0 bridgehead atoms. The van der Waals surface area contributed by atoms with Crippen LogP contribution in [0.15, 0.2) is 18.2 Å². The summed E-state index contributed by atoms with van der Waals surface area (Å²) in [5.41, 5.74) is 1.06. The molecule has 1 rings (SSSR count). The minimum Gasteiger partial charge on any atom is -0.494 e. The molecule has 0 atom stereocenters. The molecule has 0 amide bonds. The highest BCUT2D eigenvalue weighted by Crippen LogP contribution is 2.18. The molecular formula is C13H16O4. The van der Waals surface area contributed by atoms with Crippen LogP contribution in [-0.4, -0.2) is 25.0 Å². The van der Waals surface area contributed by atoms with Gasteiger partial charge in [-0.3, -0.25) is 4.79 Å². The molecule has 0 radical (unpaired) electrons. The molecule has 0 aromatic heterocycles. The van der Waals surface area contributed by atoms with Crippen LogP contribution in [-0.2, 0) is 9.53 Å². The number of carbonyl (C=O) groups excluding carboxylic acids is 2. The van der Waals surface area contributed by atoms with Gasteiger partial charge in [0.1, 0.15) is 5.75 Å². The molecule has 0 heterocycles. The molecule has 17 heavy (non-hydrogen) atoms. The second kappa shape index (κ2) is 6.03. The number of ketones is 1. The van der Waals surface area contributed by atoms with E-state index in [9.17, 15) is 9.59 Å². The molecule has 0 unspecified atom stereocenters. The molecule has 0 aliphatic heterocycles. The third kappa shape index (κ3) is 3.31. The lowest BCUT2D eigenvalue weighted by Crippen LogP contribution is -2.18. The first-order valence-electron chi connectivity index (χ1n) is 5.55. The largest absolute Gasteiger partial charge is 0.494 e. The maximum atomic E-state index is 11.8. The summed E-state index contributed by atoms with van der Waals surface area (Å²) < 4.78 is 9.97. The topological polar surface area (TPSA) is 52.6 Å². The van der Waals surface area contributed by atoms with Crippen molar-refractivity contribution in [2.24, 2.45) is 0 Å². The zero-order valence-electron chi connectivity index (χ0n) is 10.3. The fraction of sp³-hybridized carbons (Fsp3) is 0.385. The van der Waals surface area contributed by atoms with Gasteiger partial charge in [-0.1, -0.05) is 6.07 Å². The van der Waals surface area contributed by atoms with E-state index in [2.05, 4.69) is 4.74 Å². The van der Waals surface area contributed by atoms with E-state index in [0.717, 1.165) is 5.56 Å². The van der Waals surface area contributed by atoms with Crippen LogP contribution in [0.1, 0.15) is 29.8 Å². The van der Waals surface area contributed by atoms with Gasteiger partial charge in [0.2, 0.25) is 0 Å². The third-order valence-corrected chi connectivity index (χ3v) is 2.23. The molecule has 0 fully saturated rings. The molecule has 0 N–H and O–H groups in total. The predicted molar refractivity (Wildman–Crippen MR) is 63.3 cm³/mol. The van der Waals surface area contributed by atoms with Crippen molar-refractivity contribution in [1.82, 2.24) is 0 Å². The lowest BCUT2D eigenvalue weighted by Gasteiger charge is -2.08. The van der Waals surface area contributed by atoms with Gasteiger partial charge in [-0.05, 0) is 38.5 Å². The molecule has 1 aromatic rings. The van der Waals surface area contributed by atoms with Crippen molar-refractivity contribution in [1.29, 1.82) is 0 Å². The summed E-state index contributed by atoms with van der Waals surface area (Å²) in [6, 6.07) is 5.08. The minimum absolute atomic E-state index is 0.189. The lowest BCUT2D eigenvalue weighted by atomic mass is 10.0. The average molecular weight is 236 g/mol. The fourth-order valence-electron chi connectivity index (χ4n) is 1.41. The van der Waals surface area contributed by atoms with E-state index in [4.69, 9.17) is 4.74 Å². The Morgan fingerprint density at radius 2 is 1.88 bits per heavy atom. The Morgan fingerprint density at radius 1 is 1.18 bits per heavy atom. The smallest absolute Gasteiger partial charge is 0.379 e. The van der Waals surface area contributed by atoms with E-state index in [0.29, 0.717) is 17.9 Å². The SMILES string of the molecule is CCOC(=O)C(=O)c1cc(OCC)ccc1C. The summed E-state index contributed by atoms with van der Waals surface area (Å²) in [7, 11) is 0. The van der Waals surface area contributed by atoms with Crippen molar-refractivity contribution in [3.63, 3.8) is 0 Å². The predicted octanol–water partition coefficient (Wildman–Crippen LogP) is 2.14. The van der Waals surface area contributed by atoms with Gasteiger partial charge in [0.25, 0.3) is 5.78 Å². The van der Waals surface area contributed by atoms with E-state index >= 15 is 0 Å². The highest BCUT2D eigenvalue weighted by atomic mass is 16.5. The van der Waals surface area contributed by atoms with Crippen LogP contribution in [0.25, 0.3) is 0 Å². The van der Waals surface area contributed by atoms with Crippen LogP contribution >= 0.6 is 0 Å². The minimum atomic E-state index is -0.829. The maximum Gasteiger partial charge on any atom is 0.379 e. The number of Topliss-reactive ketones (excluding diaryl/α,β-unsaturated/α-hetero) is 1. The molecular weight excluding hydrogens is 220 g/mol. The van der Waals surface area contributed by atoms with Crippen molar-refractivity contribution < 1.29 is 19.1 Å². The van der Waals surface area contributed by atoms with Gasteiger partial charge in [-0.25, -0.2) is 4.79 Å². The van der Waals surface area contributed by atoms with Crippen LogP contribution in [0, 0.1) is 6.92 Å². The van der Waals surface area contributed by atoms with Crippen molar-refractivity contribution in [2.45, 2.75) is 20.8 Å². The molecule has 1 aromatic carbocycles. The van der Waals surface area contributed by atoms with Crippen LogP contribution in [0.3, 0.4) is 0 Å². The van der Waals surface area contributed by atoms with Crippen LogP contribution in [0.4, 0.5) is 0 Å². The number of hydrogen-bond donors (Lipinski definition) is 0. The van der Waals surface area contributed by atoms with Gasteiger partial charge >= 0.3 is 5.97 Å². The van der Waals surface area contributed by atoms with Gasteiger partial charge in [0, 0.05) is 5.56 Å². The number of carbonyl (C=O) groups is 2. The Morgan fingerprint density at radius 3 is 2.47 bits per heavy atom. The summed E-state index contributed by atoms with van der Waals surface area (Å²) in [4.78, 5) is 23.1. The van der Waals surface area contributed by atoms with Gasteiger partial charge in [-0.2, -0.15) is 0 Å². The Bertz CT molecular complexity index is 423. The van der Waals surface area contributed by atoms with Gasteiger partial charge in [0.05, 0.1) is 13.2 Å². The maximum absolute atomic E-state index is 11.8. The third-order valence-electron chi connectivity index (χ3n) is 2.23. The fourth-order valence-corrected chi connectivity index (χ4v) is 1.41. The Labute approximate surface area is 101 Å². The van der Waals surface area contributed by atoms with E-state index < -0.39 is 11.8 Å². The van der Waals surface area contributed by atoms with E-state index in [1.807, 2.05) is 6.92 Å². The summed E-state index contributed by atoms with van der Waals surface area (Å²) in [5, 5.41) is 0. The Balaban J connectivity index is 2.99. The first-order valence-corrected chi connectivity index (χ1v) is 5.55. The van der Waals surface area contributed by atoms with Crippen LogP contribution < -0.4 is 4.74 Å². The van der Waals surface area contributed by atoms with Gasteiger partial charge in [-0.15, -0.1) is 0 Å². The second-order valence-electron chi connectivity index (χ2n) is 3.46. The number of ether oxygens (including phenoxy) is 2. The van der Waals surface area contributed by atoms with E-state index in [1.54, 1.807) is 32.0 Å². The van der Waals surface area contributed by atoms with Gasteiger partial charge in [0.15, 0.2) is 0 Å². The molecule has 0 aliphatic carbocycles. The molecule has 0 spiro atoms. The standard InChI is InChI=1S/C13H16O4/c1-4-16-10-7-6-9(3)11(8-10)12(14)13(15)17-5-2/h6-8H,4-5H2,1-3H3. The van der Waals surface area contributed by atoms with Crippen molar-refractivity contribution in [2.75, 3.05) is 13.2 Å². The average Bonchev–Trinajstić information content (AvgIpc) is 2.31. The molecule has 92 valence electrons. The number of aryl methyl sites for hydroxylation is 1. The van der Waals surface area contributed by atoms with E-state index in [-0.39, 0.29) is 6.61 Å². The van der Waals surface area contributed by atoms with E-state index in [1.165, 1.54) is 0 Å². The summed E-state index contributed by atoms with van der Waals surface area (Å²) in [6.07, 6.45) is 0. The number of rotatable bonds is 5. The first-order chi connectivity index (χ1) is 8.10. The number of benzene rings is 1. The first kappa shape index (κ1) is 13.2. The second-order valence-corrected chi connectivity index (χ2v) is 3.46. The van der Waals surface area contributed by atoms with Gasteiger partial charge < -0.3 is 9.47 Å². The summed E-state index contributed by atoms with van der Waals surface area (Å²) in [6.45, 7) is 5.98. The number of esters is 1. The zero-order chi connectivity index (χ0) is 12.8. The molecule has 0 saturated carbocycles. The van der Waals surface area contributed by atoms with Crippen molar-refractivity contribution in [3.8, 4) is 5.75 Å². The van der Waals surface area contributed by atoms with Crippen LogP contribution in [0.5, 0.6) is 5.75 Å². The lowest BCUT2D eigenvalue weighted by molar-refractivity contribution is -0.137. The highest BCUT2D eigenvalue weighted by Gasteiger charge is 2.19. The Hall–Kier alpha value is -1.84. The highest BCUT2D eigenvalue weighted by molar-refractivity contribution is 6.41. The van der Waals surface area contributed by atoms with Crippen LogP contribution in [0.2, 0.25) is 0 Å². The monoisotopic (exact) mass is 236 g/mol. The Kier molecular flexibility index (Phi) is 4.69. The quantitative estimate of drug-likeness (QED) is 0.446. The van der Waals surface area contributed by atoms with Crippen molar-refractivity contribution in [3.05, 3.63) is 29.3 Å². The normalized spacial score (nSPS) is 9.82. The molecule has 0 aliphatic rings. The summed E-state index contributed by atoms with van der Waals surface area (Å²) >= 11 is 0. The van der Waals surface area contributed by atoms with Crippen molar-refractivity contribution >= 4 is 11.8 Å². The molecule has 4 heteroatoms. The molecule has 0 saturated heterocycles.